The molecule has 0 aromatic heterocycles. The summed E-state index contributed by atoms with van der Waals surface area (Å²) >= 11 is 0. The van der Waals surface area contributed by atoms with Crippen LogP contribution in [0.25, 0.3) is 0 Å². The molecule has 0 aliphatic rings. The van der Waals surface area contributed by atoms with Gasteiger partial charge in [-0.2, -0.15) is 0 Å². The van der Waals surface area contributed by atoms with Crippen molar-refractivity contribution in [3.05, 3.63) is 0 Å². The Hall–Kier alpha value is -0.700. The van der Waals surface area contributed by atoms with Crippen LogP contribution in [0.15, 0.2) is 0 Å². The summed E-state index contributed by atoms with van der Waals surface area (Å²) < 4.78 is 153. The first-order valence-electron chi connectivity index (χ1n) is 28.7. The lowest BCUT2D eigenvalue weighted by Crippen LogP contribution is -2.30. The van der Waals surface area contributed by atoms with E-state index in [0.29, 0.717) is 291 Å². The summed E-state index contributed by atoms with van der Waals surface area (Å²) in [6.07, 6.45) is -1.54. The van der Waals surface area contributed by atoms with E-state index in [1.54, 1.807) is 7.11 Å². The Morgan fingerprint density at radius 2 is 0.310 bits per heavy atom. The summed E-state index contributed by atoms with van der Waals surface area (Å²) in [4.78, 5) is 37.2. The third-order valence-electron chi connectivity index (χ3n) is 9.94. The standard InChI is InChI=1S/C51H107NO30P2/c1-59-4-5-61-8-9-63-12-13-65-16-17-67-20-21-69-24-25-71-28-29-73-32-33-75-36-37-77-40-41-79-44-45-81-48-49-82-47-46-80-43-42-78-39-38-76-35-34-74-31-30-72-27-26-70-23-22-68-19-18-66-15-14-64-11-10-62-7-6-60-3-2-52(50-83(53,54)55)51-84(56,57)58/h2-51H2,1H3,(H2,53,54,55)(H2,56,57,58). The van der Waals surface area contributed by atoms with Crippen molar-refractivity contribution >= 4 is 15.2 Å². The van der Waals surface area contributed by atoms with E-state index in [-0.39, 0.29) is 26.4 Å². The van der Waals surface area contributed by atoms with Gasteiger partial charge in [-0.15, -0.1) is 0 Å². The molecule has 0 fully saturated rings. The van der Waals surface area contributed by atoms with Gasteiger partial charge in [0.1, 0.15) is 12.6 Å². The van der Waals surface area contributed by atoms with Gasteiger partial charge in [0.05, 0.1) is 311 Å². The van der Waals surface area contributed by atoms with Crippen LogP contribution in [-0.2, 0) is 123 Å². The quantitative estimate of drug-likeness (QED) is 0.0444. The van der Waals surface area contributed by atoms with Gasteiger partial charge in [-0.05, 0) is 0 Å². The van der Waals surface area contributed by atoms with Crippen molar-refractivity contribution in [2.24, 2.45) is 0 Å². The molecule has 0 aliphatic heterocycles. The van der Waals surface area contributed by atoms with Gasteiger partial charge in [-0.25, -0.2) is 0 Å². The molecule has 31 nitrogen and oxygen atoms in total. The molecule has 0 heterocycles. The molecule has 506 valence electrons. The van der Waals surface area contributed by atoms with Gasteiger partial charge in [0.15, 0.2) is 0 Å². The van der Waals surface area contributed by atoms with Crippen molar-refractivity contribution in [2.75, 3.05) is 337 Å². The van der Waals surface area contributed by atoms with Crippen LogP contribution in [0, 0.1) is 0 Å². The maximum absolute atomic E-state index is 11.2. The van der Waals surface area contributed by atoms with Crippen molar-refractivity contribution in [1.29, 1.82) is 0 Å². The van der Waals surface area contributed by atoms with E-state index in [1.807, 2.05) is 0 Å². The zero-order valence-electron chi connectivity index (χ0n) is 50.1. The molecule has 0 rings (SSSR count). The number of rotatable bonds is 76. The van der Waals surface area contributed by atoms with E-state index in [1.165, 1.54) is 0 Å². The fraction of sp³-hybridized carbons (Fsp3) is 1.00. The Kier molecular flexibility index (Phi) is 69.2. The Morgan fingerprint density at radius 1 is 0.202 bits per heavy atom. The first-order chi connectivity index (χ1) is 41.1. The van der Waals surface area contributed by atoms with Crippen LogP contribution < -0.4 is 0 Å². The van der Waals surface area contributed by atoms with Gasteiger partial charge in [0, 0.05) is 13.7 Å². The van der Waals surface area contributed by atoms with E-state index in [9.17, 15) is 9.13 Å². The first kappa shape index (κ1) is 83.3. The van der Waals surface area contributed by atoms with Crippen molar-refractivity contribution in [1.82, 2.24) is 4.90 Å². The fourth-order valence-corrected chi connectivity index (χ4v) is 7.67. The minimum atomic E-state index is -4.47. The first-order valence-corrected chi connectivity index (χ1v) is 32.3. The van der Waals surface area contributed by atoms with E-state index >= 15 is 0 Å². The van der Waals surface area contributed by atoms with Gasteiger partial charge in [0.2, 0.25) is 0 Å². The highest BCUT2D eigenvalue weighted by Gasteiger charge is 2.25. The van der Waals surface area contributed by atoms with Crippen molar-refractivity contribution in [3.63, 3.8) is 0 Å². The SMILES string of the molecule is COCCOCCOCCOCCOCCOCCOCCOCCOCCOCCOCCOCCOCCOCCOCCOCCOCCOCCOCCOCCOCCOCCOCCOCCN(CP(=O)(O)O)CP(=O)(O)O. The monoisotopic (exact) mass is 1280 g/mol. The Balaban J connectivity index is 3.15. The lowest BCUT2D eigenvalue weighted by Gasteiger charge is -2.22. The normalized spacial score (nSPS) is 12.3. The van der Waals surface area contributed by atoms with Crippen molar-refractivity contribution < 1.29 is 142 Å². The molecular formula is C51H107NO30P2. The average Bonchev–Trinajstić information content (AvgIpc) is 3.57. The Morgan fingerprint density at radius 3 is 0.417 bits per heavy atom. The van der Waals surface area contributed by atoms with Gasteiger partial charge in [-0.1, -0.05) is 0 Å². The molecule has 0 aromatic carbocycles. The molecule has 0 amide bonds. The van der Waals surface area contributed by atoms with Crippen LogP contribution in [0.3, 0.4) is 0 Å². The Labute approximate surface area is 498 Å². The number of methoxy groups -OCH3 is 1. The highest BCUT2D eigenvalue weighted by molar-refractivity contribution is 7.52. The summed E-state index contributed by atoms with van der Waals surface area (Å²) in [5, 5.41) is 0. The molecule has 0 aromatic rings. The van der Waals surface area contributed by atoms with Crippen LogP contribution in [0.1, 0.15) is 0 Å². The Bertz CT molecular complexity index is 1330. The van der Waals surface area contributed by atoms with Crippen LogP contribution in [0.2, 0.25) is 0 Å². The van der Waals surface area contributed by atoms with Crippen molar-refractivity contribution in [3.8, 4) is 0 Å². The van der Waals surface area contributed by atoms with Crippen LogP contribution in [0.5, 0.6) is 0 Å². The summed E-state index contributed by atoms with van der Waals surface area (Å²) in [5.41, 5.74) is 0. The largest absolute Gasteiger partial charge is 0.382 e. The van der Waals surface area contributed by atoms with E-state index in [2.05, 4.69) is 0 Å². The van der Waals surface area contributed by atoms with Crippen LogP contribution in [-0.4, -0.2) is 361 Å². The van der Waals surface area contributed by atoms with E-state index < -0.39 is 27.8 Å². The second kappa shape index (κ2) is 69.8. The lowest BCUT2D eigenvalue weighted by atomic mass is 10.6. The number of ether oxygens (including phenoxy) is 24. The zero-order valence-corrected chi connectivity index (χ0v) is 51.9. The molecule has 33 heteroatoms. The molecule has 0 aliphatic carbocycles. The summed E-state index contributed by atoms with van der Waals surface area (Å²) in [5.74, 6) is 0. The highest BCUT2D eigenvalue weighted by Crippen LogP contribution is 2.40. The summed E-state index contributed by atoms with van der Waals surface area (Å²) in [6.45, 7) is 21.2. The fourth-order valence-electron chi connectivity index (χ4n) is 5.98. The van der Waals surface area contributed by atoms with Gasteiger partial charge < -0.3 is 133 Å². The highest BCUT2D eigenvalue weighted by atomic mass is 31.2. The van der Waals surface area contributed by atoms with Gasteiger partial charge >= 0.3 is 15.2 Å². The second-order valence-electron chi connectivity index (χ2n) is 17.1. The van der Waals surface area contributed by atoms with Gasteiger partial charge in [-0.3, -0.25) is 14.0 Å². The smallest absolute Gasteiger partial charge is 0.339 e. The topological polar surface area (TPSA) is 340 Å². The predicted molar refractivity (Wildman–Crippen MR) is 301 cm³/mol. The molecule has 0 atom stereocenters. The summed E-state index contributed by atoms with van der Waals surface area (Å²) in [7, 11) is -7.31. The molecule has 4 N–H and O–H groups in total. The molecule has 0 spiro atoms. The maximum atomic E-state index is 11.2. The molecule has 0 unspecified atom stereocenters. The molecule has 0 saturated heterocycles. The third-order valence-corrected chi connectivity index (χ3v) is 11.5. The second-order valence-corrected chi connectivity index (χ2v) is 20.3. The predicted octanol–water partition coefficient (Wildman–Crippen LogP) is -0.413. The number of hydrogen-bond acceptors (Lipinski definition) is 27. The molecular weight excluding hydrogens is 1170 g/mol. The molecule has 0 bridgehead atoms. The molecule has 0 saturated carbocycles. The number of hydrogen-bond donors (Lipinski definition) is 4. The zero-order chi connectivity index (χ0) is 60.9. The van der Waals surface area contributed by atoms with Crippen LogP contribution in [0.4, 0.5) is 0 Å². The summed E-state index contributed by atoms with van der Waals surface area (Å²) in [6, 6.07) is 0. The van der Waals surface area contributed by atoms with Crippen LogP contribution >= 0.6 is 15.2 Å². The maximum Gasteiger partial charge on any atom is 0.339 e. The van der Waals surface area contributed by atoms with Gasteiger partial charge in [0.25, 0.3) is 0 Å². The minimum Gasteiger partial charge on any atom is -0.382 e. The minimum absolute atomic E-state index is 0.0227. The third kappa shape index (κ3) is 77.4. The lowest BCUT2D eigenvalue weighted by molar-refractivity contribution is -0.0319. The van der Waals surface area contributed by atoms with Crippen molar-refractivity contribution in [2.45, 2.75) is 0 Å². The van der Waals surface area contributed by atoms with E-state index in [0.717, 1.165) is 4.90 Å². The average molecular weight is 1280 g/mol. The number of nitrogens with zero attached hydrogens (tertiary/aromatic N) is 1. The van der Waals surface area contributed by atoms with E-state index in [4.69, 9.17) is 133 Å². The molecule has 0 radical (unpaired) electrons. The molecule has 84 heavy (non-hydrogen) atoms.